The zero-order valence-electron chi connectivity index (χ0n) is 22.7. The van der Waals surface area contributed by atoms with E-state index in [9.17, 15) is 24.3 Å². The van der Waals surface area contributed by atoms with Crippen molar-refractivity contribution >= 4 is 35.3 Å². The number of rotatable bonds is 9. The number of aliphatic carboxylic acids is 1. The molecule has 14 heteroatoms. The Balaban J connectivity index is 1.08. The van der Waals surface area contributed by atoms with Gasteiger partial charge in [-0.05, 0) is 47.4 Å². The molecule has 216 valence electrons. The third-order valence-corrected chi connectivity index (χ3v) is 11.0. The zero-order chi connectivity index (χ0) is 28.3. The molecule has 4 fully saturated rings. The van der Waals surface area contributed by atoms with Gasteiger partial charge in [-0.15, -0.1) is 16.9 Å². The van der Waals surface area contributed by atoms with Gasteiger partial charge < -0.3 is 26.0 Å². The van der Waals surface area contributed by atoms with Crippen molar-refractivity contribution in [3.05, 3.63) is 16.9 Å². The molecular formula is C26H36N8O5S. The molecule has 3 saturated heterocycles. The Labute approximate surface area is 236 Å². The summed E-state index contributed by atoms with van der Waals surface area (Å²) in [5.74, 6) is -1.18. The molecule has 6 rings (SSSR count). The molecule has 1 aliphatic carbocycles. The van der Waals surface area contributed by atoms with Crippen LogP contribution < -0.4 is 11.1 Å². The summed E-state index contributed by atoms with van der Waals surface area (Å²) in [6.45, 7) is 6.00. The second-order valence-corrected chi connectivity index (χ2v) is 13.5. The van der Waals surface area contributed by atoms with Crippen LogP contribution in [0.2, 0.25) is 0 Å². The number of carboxylic acid groups (broad SMARTS) is 1. The van der Waals surface area contributed by atoms with Gasteiger partial charge in [0.1, 0.15) is 18.6 Å². The Morgan fingerprint density at radius 3 is 2.60 bits per heavy atom. The Kier molecular flexibility index (Phi) is 7.20. The highest BCUT2D eigenvalue weighted by Crippen LogP contribution is 2.53. The van der Waals surface area contributed by atoms with Crippen molar-refractivity contribution in [1.29, 1.82) is 0 Å². The summed E-state index contributed by atoms with van der Waals surface area (Å²) in [5.41, 5.74) is 6.15. The smallest absolute Gasteiger partial charge is 0.353 e. The van der Waals surface area contributed by atoms with Gasteiger partial charge in [0.25, 0.3) is 0 Å². The third-order valence-electron chi connectivity index (χ3n) is 9.47. The number of β-lactam (4-membered cyclic amide) rings is 1. The lowest BCUT2D eigenvalue weighted by atomic mass is 9.73. The first-order valence-corrected chi connectivity index (χ1v) is 15.0. The molecule has 1 aromatic rings. The number of carbonyl (C=O) groups excluding carboxylic acids is 3. The molecule has 4 aliphatic heterocycles. The second-order valence-electron chi connectivity index (χ2n) is 12.2. The van der Waals surface area contributed by atoms with E-state index in [2.05, 4.69) is 20.8 Å². The molecule has 2 unspecified atom stereocenters. The number of thioether (sulfide) groups is 1. The lowest BCUT2D eigenvalue weighted by Gasteiger charge is -2.47. The predicted molar refractivity (Wildman–Crippen MR) is 143 cm³/mol. The third kappa shape index (κ3) is 4.73. The number of Topliss-reactive ketones (excluding diaryl/α,β-unsaturated/α-hetero) is 1. The average molecular weight is 573 g/mol. The van der Waals surface area contributed by atoms with E-state index >= 15 is 0 Å². The van der Waals surface area contributed by atoms with E-state index in [1.165, 1.54) is 27.7 Å². The topological polar surface area (TPSA) is 177 Å². The van der Waals surface area contributed by atoms with E-state index in [0.29, 0.717) is 29.7 Å². The lowest BCUT2D eigenvalue weighted by Crippen LogP contribution is -2.62. The van der Waals surface area contributed by atoms with Gasteiger partial charge >= 0.3 is 5.97 Å². The van der Waals surface area contributed by atoms with Gasteiger partial charge in [0.2, 0.25) is 11.8 Å². The Morgan fingerprint density at radius 2 is 1.95 bits per heavy atom. The second kappa shape index (κ2) is 10.5. The number of hydrogen-bond acceptors (Lipinski definition) is 10. The van der Waals surface area contributed by atoms with E-state index in [4.69, 9.17) is 5.73 Å². The van der Waals surface area contributed by atoms with Crippen LogP contribution in [0, 0.1) is 29.6 Å². The number of likely N-dealkylation sites (tertiary alicyclic amines) is 1. The highest BCUT2D eigenvalue weighted by Gasteiger charge is 2.60. The number of carbonyl (C=O) groups is 4. The number of ketones is 1. The molecule has 1 aromatic heterocycles. The molecule has 2 amide bonds. The van der Waals surface area contributed by atoms with E-state index in [1.807, 2.05) is 18.7 Å². The van der Waals surface area contributed by atoms with Crippen LogP contribution in [-0.4, -0.2) is 102 Å². The van der Waals surface area contributed by atoms with Crippen LogP contribution in [0.25, 0.3) is 0 Å². The number of hydrogen-bond donors (Lipinski definition) is 3. The summed E-state index contributed by atoms with van der Waals surface area (Å²) < 4.78 is 1.35. The fourth-order valence-electron chi connectivity index (χ4n) is 7.66. The molecule has 8 atom stereocenters. The molecule has 0 radical (unpaired) electrons. The molecule has 0 bridgehead atoms. The normalized spacial score (nSPS) is 35.6. The summed E-state index contributed by atoms with van der Waals surface area (Å²) in [5, 5.41) is 24.3. The minimum Gasteiger partial charge on any atom is -0.477 e. The van der Waals surface area contributed by atoms with Crippen molar-refractivity contribution in [1.82, 2.24) is 35.3 Å². The highest BCUT2D eigenvalue weighted by molar-refractivity contribution is 8.03. The number of nitrogens with one attached hydrogen (secondary N) is 1. The van der Waals surface area contributed by atoms with Gasteiger partial charge in [-0.25, -0.2) is 9.48 Å². The van der Waals surface area contributed by atoms with Crippen molar-refractivity contribution < 1.29 is 24.3 Å². The molecule has 4 N–H and O–H groups in total. The molecule has 0 aromatic carbocycles. The van der Waals surface area contributed by atoms with Crippen LogP contribution in [0.1, 0.15) is 39.5 Å². The maximum absolute atomic E-state index is 13.3. The number of aromatic nitrogens is 4. The number of nitrogens with zero attached hydrogens (tertiary/aromatic N) is 6. The monoisotopic (exact) mass is 572 g/mol. The number of fused-ring (bicyclic) bond motifs is 2. The van der Waals surface area contributed by atoms with Gasteiger partial charge in [-0.2, -0.15) is 0 Å². The Morgan fingerprint density at radius 1 is 1.23 bits per heavy atom. The first kappa shape index (κ1) is 27.3. The van der Waals surface area contributed by atoms with E-state index in [0.717, 1.165) is 25.9 Å². The van der Waals surface area contributed by atoms with Crippen LogP contribution in [0.5, 0.6) is 0 Å². The summed E-state index contributed by atoms with van der Waals surface area (Å²) in [4.78, 5) is 55.5. The first-order chi connectivity index (χ1) is 19.1. The fourth-order valence-corrected chi connectivity index (χ4v) is 9.14. The largest absolute Gasteiger partial charge is 0.477 e. The fraction of sp³-hybridized carbons (Fsp3) is 0.731. The van der Waals surface area contributed by atoms with E-state index < -0.39 is 11.9 Å². The van der Waals surface area contributed by atoms with Gasteiger partial charge in [0.15, 0.2) is 5.78 Å². The van der Waals surface area contributed by atoms with Crippen molar-refractivity contribution in [2.75, 3.05) is 19.6 Å². The first-order valence-electron chi connectivity index (χ1n) is 14.1. The molecular weight excluding hydrogens is 536 g/mol. The van der Waals surface area contributed by atoms with Crippen molar-refractivity contribution in [3.8, 4) is 0 Å². The number of amides is 2. The van der Waals surface area contributed by atoms with Crippen molar-refractivity contribution in [2.45, 2.75) is 69.5 Å². The predicted octanol–water partition coefficient (Wildman–Crippen LogP) is -0.299. The zero-order valence-corrected chi connectivity index (χ0v) is 23.5. The Bertz CT molecular complexity index is 1230. The van der Waals surface area contributed by atoms with Crippen LogP contribution in [0.15, 0.2) is 16.9 Å². The van der Waals surface area contributed by atoms with Crippen molar-refractivity contribution in [3.63, 3.8) is 0 Å². The molecule has 1 saturated carbocycles. The van der Waals surface area contributed by atoms with E-state index in [1.54, 1.807) is 0 Å². The van der Waals surface area contributed by atoms with Crippen LogP contribution in [0.4, 0.5) is 0 Å². The molecule has 5 heterocycles. The molecule has 40 heavy (non-hydrogen) atoms. The summed E-state index contributed by atoms with van der Waals surface area (Å²) >= 11 is 1.48. The highest BCUT2D eigenvalue weighted by atomic mass is 32.2. The number of nitrogens with two attached hydrogens (primary N) is 1. The molecule has 5 aliphatic rings. The summed E-state index contributed by atoms with van der Waals surface area (Å²) in [6.07, 6.45) is 4.13. The quantitative estimate of drug-likeness (QED) is 0.331. The van der Waals surface area contributed by atoms with Crippen molar-refractivity contribution in [2.24, 2.45) is 35.3 Å². The lowest BCUT2D eigenvalue weighted by molar-refractivity contribution is -0.160. The Hall–Kier alpha value is -2.84. The van der Waals surface area contributed by atoms with Gasteiger partial charge in [-0.1, -0.05) is 13.8 Å². The van der Waals surface area contributed by atoms with Crippen LogP contribution >= 0.6 is 11.8 Å². The molecule has 13 nitrogen and oxygen atoms in total. The number of carboxylic acids is 1. The van der Waals surface area contributed by atoms with Gasteiger partial charge in [-0.3, -0.25) is 14.4 Å². The average Bonchev–Trinajstić information content (AvgIpc) is 3.70. The maximum Gasteiger partial charge on any atom is 0.353 e. The molecule has 0 spiro atoms. The van der Waals surface area contributed by atoms with Crippen LogP contribution in [-0.2, 0) is 25.7 Å². The SMILES string of the molecule is C[C@@H](CC(=O)Cn1cnnn1)[C@H]1C(=O)N2C(C(=O)O)=C(S[C@@H]3CN[C@H](C(=O)N4CC5CC(N)CC5C4)C3)[C@H](C)[C@H]12. The standard InChI is InChI=1S/C26H36N8O5S/c1-12(3-17(35)10-33-11-29-30-31-33)20-21-13(2)23(22(26(38)39)34(21)25(20)37)40-18-6-19(28-7-18)24(36)32-8-14-4-16(27)5-15(14)9-32/h11-16,18-21,28H,3-10,27H2,1-2H3,(H,38,39)/t12-,13+,14?,15?,16?,18-,19-,20+,21+/m0/s1. The van der Waals surface area contributed by atoms with Gasteiger partial charge in [0, 0.05) is 48.2 Å². The van der Waals surface area contributed by atoms with Gasteiger partial charge in [0.05, 0.1) is 18.0 Å². The maximum atomic E-state index is 13.3. The van der Waals surface area contributed by atoms with E-state index in [-0.39, 0.29) is 71.5 Å². The minimum absolute atomic E-state index is 0.0267. The van der Waals surface area contributed by atoms with Crippen LogP contribution in [0.3, 0.4) is 0 Å². The summed E-state index contributed by atoms with van der Waals surface area (Å²) in [6, 6.07) is -0.326. The summed E-state index contributed by atoms with van der Waals surface area (Å²) in [7, 11) is 0. The minimum atomic E-state index is -1.12. The number of tetrazole rings is 1.